The van der Waals surface area contributed by atoms with Gasteiger partial charge in [-0.2, -0.15) is 0 Å². The van der Waals surface area contributed by atoms with Gasteiger partial charge in [0.15, 0.2) is 0 Å². The van der Waals surface area contributed by atoms with Crippen molar-refractivity contribution in [3.63, 3.8) is 0 Å². The van der Waals surface area contributed by atoms with Crippen LogP contribution in [-0.2, 0) is 0 Å². The van der Waals surface area contributed by atoms with Crippen LogP contribution in [0.25, 0.3) is 0 Å². The Morgan fingerprint density at radius 3 is 2.50 bits per heavy atom. The fourth-order valence-electron chi connectivity index (χ4n) is 1.32. The third kappa shape index (κ3) is 2.67. The van der Waals surface area contributed by atoms with Crippen molar-refractivity contribution in [3.8, 4) is 0 Å². The monoisotopic (exact) mass is 382 g/mol. The van der Waals surface area contributed by atoms with Gasteiger partial charge in [-0.25, -0.2) is 4.39 Å². The number of thiophene rings is 1. The van der Waals surface area contributed by atoms with Crippen molar-refractivity contribution in [3.05, 3.63) is 54.8 Å². The first-order valence-corrected chi connectivity index (χ1v) is 7.31. The van der Waals surface area contributed by atoms with E-state index in [9.17, 15) is 4.39 Å². The fourth-order valence-corrected chi connectivity index (χ4v) is 3.25. The van der Waals surface area contributed by atoms with Gasteiger partial charge in [-0.15, -0.1) is 22.9 Å². The molecule has 0 saturated heterocycles. The molecule has 0 N–H and O–H groups in total. The average Bonchev–Trinajstić information content (AvgIpc) is 2.68. The van der Waals surface area contributed by atoms with E-state index in [0.29, 0.717) is 4.47 Å². The molecule has 0 aliphatic heterocycles. The van der Waals surface area contributed by atoms with Crippen LogP contribution in [0.4, 0.5) is 4.39 Å². The average molecular weight is 384 g/mol. The zero-order valence-corrected chi connectivity index (χ0v) is 12.6. The van der Waals surface area contributed by atoms with Gasteiger partial charge in [-0.1, -0.05) is 6.07 Å². The first-order valence-electron chi connectivity index (χ1n) is 4.41. The van der Waals surface area contributed by atoms with Crippen LogP contribution in [0.2, 0.25) is 0 Å². The van der Waals surface area contributed by atoms with Crippen molar-refractivity contribution >= 4 is 54.8 Å². The molecule has 1 aromatic heterocycles. The summed E-state index contributed by atoms with van der Waals surface area (Å²) in [5, 5.41) is 1.73. The molecule has 0 saturated carbocycles. The number of benzene rings is 1. The summed E-state index contributed by atoms with van der Waals surface area (Å²) < 4.78 is 14.5. The molecule has 2 aromatic rings. The zero-order valence-electron chi connectivity index (χ0n) is 7.88. The van der Waals surface area contributed by atoms with Gasteiger partial charge in [-0.3, -0.25) is 0 Å². The normalized spacial score (nSPS) is 12.8. The molecular formula is C11H6Br2ClFS. The lowest BCUT2D eigenvalue weighted by Gasteiger charge is -2.08. The highest BCUT2D eigenvalue weighted by Crippen LogP contribution is 2.35. The molecule has 0 amide bonds. The van der Waals surface area contributed by atoms with Gasteiger partial charge in [0, 0.05) is 0 Å². The maximum Gasteiger partial charge on any atom is 0.137 e. The van der Waals surface area contributed by atoms with Crippen LogP contribution in [-0.4, -0.2) is 0 Å². The lowest BCUT2D eigenvalue weighted by atomic mass is 10.1. The Labute approximate surface area is 119 Å². The van der Waals surface area contributed by atoms with Crippen molar-refractivity contribution in [2.24, 2.45) is 0 Å². The quantitative estimate of drug-likeness (QED) is 0.579. The highest BCUT2D eigenvalue weighted by atomic mass is 79.9. The minimum Gasteiger partial charge on any atom is -0.206 e. The van der Waals surface area contributed by atoms with Crippen molar-refractivity contribution in [2.45, 2.75) is 5.38 Å². The Bertz CT molecular complexity index is 512. The van der Waals surface area contributed by atoms with Gasteiger partial charge in [-0.05, 0) is 66.6 Å². The van der Waals surface area contributed by atoms with Crippen LogP contribution in [0.5, 0.6) is 0 Å². The van der Waals surface area contributed by atoms with Gasteiger partial charge in [0.1, 0.15) is 5.82 Å². The third-order valence-corrected chi connectivity index (χ3v) is 4.75. The van der Waals surface area contributed by atoms with Gasteiger partial charge < -0.3 is 0 Å². The summed E-state index contributed by atoms with van der Waals surface area (Å²) in [6, 6.07) is 6.79. The summed E-state index contributed by atoms with van der Waals surface area (Å²) >= 11 is 14.4. The Balaban J connectivity index is 2.33. The standard InChI is InChI=1S/C11H6Br2ClFS/c12-8-3-6(1-2-9(8)15)11(14)7-4-10(13)16-5-7/h1-5,11H. The van der Waals surface area contributed by atoms with Gasteiger partial charge in [0.05, 0.1) is 13.6 Å². The largest absolute Gasteiger partial charge is 0.206 e. The first kappa shape index (κ1) is 12.6. The minimum atomic E-state index is -0.279. The molecule has 0 spiro atoms. The molecule has 1 atom stereocenters. The van der Waals surface area contributed by atoms with E-state index in [1.54, 1.807) is 23.5 Å². The van der Waals surface area contributed by atoms with Crippen molar-refractivity contribution in [1.29, 1.82) is 0 Å². The van der Waals surface area contributed by atoms with E-state index in [4.69, 9.17) is 11.6 Å². The highest BCUT2D eigenvalue weighted by molar-refractivity contribution is 9.11. The van der Waals surface area contributed by atoms with E-state index in [2.05, 4.69) is 31.9 Å². The summed E-state index contributed by atoms with van der Waals surface area (Å²) in [6.45, 7) is 0. The highest BCUT2D eigenvalue weighted by Gasteiger charge is 2.13. The summed E-state index contributed by atoms with van der Waals surface area (Å²) in [5.74, 6) is -0.279. The van der Waals surface area contributed by atoms with Gasteiger partial charge in [0.2, 0.25) is 0 Å². The molecular weight excluding hydrogens is 378 g/mol. The van der Waals surface area contributed by atoms with E-state index in [-0.39, 0.29) is 11.2 Å². The summed E-state index contributed by atoms with van der Waals surface area (Å²) in [5.41, 5.74) is 1.89. The zero-order chi connectivity index (χ0) is 11.7. The first-order chi connectivity index (χ1) is 7.58. The van der Waals surface area contributed by atoms with Crippen LogP contribution >= 0.6 is 54.8 Å². The lowest BCUT2D eigenvalue weighted by Crippen LogP contribution is -1.92. The Kier molecular flexibility index (Phi) is 4.06. The van der Waals surface area contributed by atoms with Crippen molar-refractivity contribution in [2.75, 3.05) is 0 Å². The minimum absolute atomic E-state index is 0.251. The SMILES string of the molecule is Fc1ccc(C(Cl)c2csc(Br)c2)cc1Br. The molecule has 0 aliphatic carbocycles. The maximum absolute atomic E-state index is 13.1. The molecule has 0 fully saturated rings. The van der Waals surface area contributed by atoms with E-state index in [0.717, 1.165) is 14.9 Å². The van der Waals surface area contributed by atoms with E-state index >= 15 is 0 Å². The van der Waals surface area contributed by atoms with E-state index < -0.39 is 0 Å². The second kappa shape index (κ2) is 5.17. The Morgan fingerprint density at radius 1 is 1.19 bits per heavy atom. The smallest absolute Gasteiger partial charge is 0.137 e. The number of rotatable bonds is 2. The predicted molar refractivity (Wildman–Crippen MR) is 73.8 cm³/mol. The van der Waals surface area contributed by atoms with Gasteiger partial charge in [0.25, 0.3) is 0 Å². The molecule has 1 aromatic carbocycles. The number of hydrogen-bond donors (Lipinski definition) is 0. The van der Waals surface area contributed by atoms with Crippen LogP contribution in [0.1, 0.15) is 16.5 Å². The Morgan fingerprint density at radius 2 is 1.94 bits per heavy atom. The van der Waals surface area contributed by atoms with Crippen molar-refractivity contribution < 1.29 is 4.39 Å². The molecule has 16 heavy (non-hydrogen) atoms. The fraction of sp³-hybridized carbons (Fsp3) is 0.0909. The lowest BCUT2D eigenvalue weighted by molar-refractivity contribution is 0.620. The molecule has 0 nitrogen and oxygen atoms in total. The van der Waals surface area contributed by atoms with Crippen LogP contribution in [0.15, 0.2) is 37.9 Å². The molecule has 1 unspecified atom stereocenters. The Hall–Kier alpha value is 0.1000. The van der Waals surface area contributed by atoms with Crippen molar-refractivity contribution in [1.82, 2.24) is 0 Å². The second-order valence-corrected chi connectivity index (χ2v) is 6.80. The molecule has 5 heteroatoms. The van der Waals surface area contributed by atoms with E-state index in [1.165, 1.54) is 6.07 Å². The molecule has 0 bridgehead atoms. The summed E-state index contributed by atoms with van der Waals surface area (Å²) in [6.07, 6.45) is 0. The molecule has 0 radical (unpaired) electrons. The van der Waals surface area contributed by atoms with Crippen LogP contribution in [0.3, 0.4) is 0 Å². The summed E-state index contributed by atoms with van der Waals surface area (Å²) in [4.78, 5) is 0. The number of alkyl halides is 1. The topological polar surface area (TPSA) is 0 Å². The maximum atomic E-state index is 13.1. The molecule has 0 aliphatic rings. The molecule has 2 rings (SSSR count). The van der Waals surface area contributed by atoms with Crippen LogP contribution < -0.4 is 0 Å². The van der Waals surface area contributed by atoms with E-state index in [1.807, 2.05) is 11.4 Å². The number of hydrogen-bond acceptors (Lipinski definition) is 1. The predicted octanol–water partition coefficient (Wildman–Crippen LogP) is 5.74. The van der Waals surface area contributed by atoms with Crippen LogP contribution in [0, 0.1) is 5.82 Å². The molecule has 1 heterocycles. The van der Waals surface area contributed by atoms with Gasteiger partial charge >= 0.3 is 0 Å². The third-order valence-electron chi connectivity index (χ3n) is 2.12. The summed E-state index contributed by atoms with van der Waals surface area (Å²) in [7, 11) is 0. The second-order valence-electron chi connectivity index (χ2n) is 3.22. The number of halogens is 4. The molecule has 84 valence electrons.